The summed E-state index contributed by atoms with van der Waals surface area (Å²) in [5.41, 5.74) is 1.54. The Balaban J connectivity index is 1.83. The average Bonchev–Trinajstić information content (AvgIpc) is 3.17. The number of methoxy groups -OCH3 is 2. The maximum absolute atomic E-state index is 13.3. The van der Waals surface area contributed by atoms with Gasteiger partial charge in [0, 0.05) is 11.3 Å². The topological polar surface area (TPSA) is 85.3 Å². The van der Waals surface area contributed by atoms with E-state index in [1.807, 2.05) is 0 Å². The molecule has 0 aromatic heterocycles. The first-order valence-electron chi connectivity index (χ1n) is 11.7. The van der Waals surface area contributed by atoms with E-state index in [1.54, 1.807) is 79.9 Å². The molecule has 1 heterocycles. The van der Waals surface area contributed by atoms with E-state index in [-0.39, 0.29) is 11.3 Å². The van der Waals surface area contributed by atoms with Gasteiger partial charge in [-0.1, -0.05) is 38.1 Å². The first kappa shape index (κ1) is 24.9. The molecule has 4 rings (SSSR count). The highest BCUT2D eigenvalue weighted by atomic mass is 16.5. The number of carbonyl (C=O) groups excluding carboxylic acids is 2. The van der Waals surface area contributed by atoms with Crippen LogP contribution in [0.3, 0.4) is 0 Å². The van der Waals surface area contributed by atoms with E-state index in [1.165, 1.54) is 12.0 Å². The highest BCUT2D eigenvalue weighted by Gasteiger charge is 2.47. The molecule has 186 valence electrons. The summed E-state index contributed by atoms with van der Waals surface area (Å²) in [5.74, 6) is 0.428. The summed E-state index contributed by atoms with van der Waals surface area (Å²) in [6.07, 6.45) is 0. The van der Waals surface area contributed by atoms with E-state index >= 15 is 0 Å². The number of ketones is 1. The third-order valence-corrected chi connectivity index (χ3v) is 5.92. The van der Waals surface area contributed by atoms with Crippen LogP contribution in [0.2, 0.25) is 0 Å². The van der Waals surface area contributed by atoms with Crippen LogP contribution in [0.1, 0.15) is 31.0 Å². The Hall–Kier alpha value is -4.26. The van der Waals surface area contributed by atoms with Crippen LogP contribution < -0.4 is 19.1 Å². The van der Waals surface area contributed by atoms with Crippen LogP contribution in [0, 0.1) is 5.92 Å². The number of benzene rings is 3. The van der Waals surface area contributed by atoms with Crippen molar-refractivity contribution in [3.63, 3.8) is 0 Å². The zero-order valence-electron chi connectivity index (χ0n) is 20.7. The molecule has 7 nitrogen and oxygen atoms in total. The standard InChI is InChI=1S/C29H29NO6/c1-18(2)17-36-23-14-10-21(11-15-23)30-26(19-8-12-22(34-3)13-9-19)25(28(32)29(30)33)27(31)20-6-5-7-24(16-20)35-4/h5-16,18,26,31H,17H2,1-4H3/b27-25-. The third-order valence-electron chi connectivity index (χ3n) is 5.92. The first-order valence-corrected chi connectivity index (χ1v) is 11.7. The van der Waals surface area contributed by atoms with Gasteiger partial charge in [-0.2, -0.15) is 0 Å². The molecule has 1 aliphatic heterocycles. The number of anilines is 1. The van der Waals surface area contributed by atoms with Crippen LogP contribution in [0.5, 0.6) is 17.2 Å². The van der Waals surface area contributed by atoms with Gasteiger partial charge in [-0.05, 0) is 60.0 Å². The summed E-state index contributed by atoms with van der Waals surface area (Å²) in [6.45, 7) is 4.69. The molecule has 0 bridgehead atoms. The Morgan fingerprint density at radius 3 is 2.14 bits per heavy atom. The Bertz CT molecular complexity index is 1280. The van der Waals surface area contributed by atoms with Crippen molar-refractivity contribution in [3.05, 3.63) is 89.5 Å². The molecule has 1 saturated heterocycles. The lowest BCUT2D eigenvalue weighted by atomic mass is 9.95. The zero-order valence-corrected chi connectivity index (χ0v) is 20.7. The van der Waals surface area contributed by atoms with Gasteiger partial charge in [-0.25, -0.2) is 0 Å². The molecular formula is C29H29NO6. The minimum atomic E-state index is -0.843. The average molecular weight is 488 g/mol. The van der Waals surface area contributed by atoms with E-state index in [4.69, 9.17) is 14.2 Å². The predicted octanol–water partition coefficient (Wildman–Crippen LogP) is 5.36. The second kappa shape index (κ2) is 10.6. The molecule has 1 atom stereocenters. The SMILES string of the molecule is COc1ccc(C2/C(=C(/O)c3cccc(OC)c3)C(=O)C(=O)N2c2ccc(OCC(C)C)cc2)cc1. The van der Waals surface area contributed by atoms with Crippen LogP contribution in [0.4, 0.5) is 5.69 Å². The number of aliphatic hydroxyl groups excluding tert-OH is 1. The number of aliphatic hydroxyl groups is 1. The first-order chi connectivity index (χ1) is 17.3. The van der Waals surface area contributed by atoms with Crippen molar-refractivity contribution in [3.8, 4) is 17.2 Å². The van der Waals surface area contributed by atoms with Gasteiger partial charge in [0.2, 0.25) is 0 Å². The van der Waals surface area contributed by atoms with Gasteiger partial charge in [-0.15, -0.1) is 0 Å². The Labute approximate surface area is 210 Å². The molecule has 36 heavy (non-hydrogen) atoms. The molecule has 1 N–H and O–H groups in total. The lowest BCUT2D eigenvalue weighted by molar-refractivity contribution is -0.132. The number of amides is 1. The van der Waals surface area contributed by atoms with Crippen molar-refractivity contribution in [2.24, 2.45) is 5.92 Å². The summed E-state index contributed by atoms with van der Waals surface area (Å²) in [4.78, 5) is 28.1. The van der Waals surface area contributed by atoms with Gasteiger partial charge in [0.05, 0.1) is 32.4 Å². The lowest BCUT2D eigenvalue weighted by Crippen LogP contribution is -2.29. The quantitative estimate of drug-likeness (QED) is 0.261. The van der Waals surface area contributed by atoms with Gasteiger partial charge in [0.25, 0.3) is 11.7 Å². The van der Waals surface area contributed by atoms with Crippen LogP contribution in [0.15, 0.2) is 78.4 Å². The fraction of sp³-hybridized carbons (Fsp3) is 0.241. The number of hydrogen-bond acceptors (Lipinski definition) is 6. The van der Waals surface area contributed by atoms with Crippen molar-refractivity contribution in [1.29, 1.82) is 0 Å². The molecule has 0 radical (unpaired) electrons. The monoisotopic (exact) mass is 487 g/mol. The summed E-state index contributed by atoms with van der Waals surface area (Å²) in [6, 6.07) is 20.0. The van der Waals surface area contributed by atoms with E-state index in [0.29, 0.717) is 46.6 Å². The molecule has 3 aromatic carbocycles. The Kier molecular flexibility index (Phi) is 7.29. The summed E-state index contributed by atoms with van der Waals surface area (Å²) >= 11 is 0. The molecule has 0 spiro atoms. The normalized spacial score (nSPS) is 16.9. The fourth-order valence-electron chi connectivity index (χ4n) is 4.09. The number of rotatable bonds is 8. The molecule has 1 aliphatic rings. The number of Topliss-reactive ketones (excluding diaryl/α,β-unsaturated/α-hetero) is 1. The van der Waals surface area contributed by atoms with E-state index in [9.17, 15) is 14.7 Å². The number of ether oxygens (including phenoxy) is 3. The van der Waals surface area contributed by atoms with Gasteiger partial charge in [-0.3, -0.25) is 14.5 Å². The fourth-order valence-corrected chi connectivity index (χ4v) is 4.09. The highest BCUT2D eigenvalue weighted by Crippen LogP contribution is 2.43. The second-order valence-corrected chi connectivity index (χ2v) is 8.87. The maximum Gasteiger partial charge on any atom is 0.300 e. The maximum atomic E-state index is 13.3. The molecule has 1 amide bonds. The Morgan fingerprint density at radius 2 is 1.53 bits per heavy atom. The number of hydrogen-bond donors (Lipinski definition) is 1. The third kappa shape index (κ3) is 4.91. The second-order valence-electron chi connectivity index (χ2n) is 8.87. The molecular weight excluding hydrogens is 458 g/mol. The molecule has 1 fully saturated rings. The molecule has 7 heteroatoms. The smallest absolute Gasteiger partial charge is 0.300 e. The van der Waals surface area contributed by atoms with Gasteiger partial charge < -0.3 is 19.3 Å². The zero-order chi connectivity index (χ0) is 25.8. The van der Waals surface area contributed by atoms with Crippen LogP contribution in [-0.2, 0) is 9.59 Å². The van der Waals surface area contributed by atoms with Crippen molar-refractivity contribution in [2.75, 3.05) is 25.7 Å². The highest BCUT2D eigenvalue weighted by molar-refractivity contribution is 6.51. The van der Waals surface area contributed by atoms with E-state index in [2.05, 4.69) is 13.8 Å². The summed E-state index contributed by atoms with van der Waals surface area (Å²) in [7, 11) is 3.08. The van der Waals surface area contributed by atoms with Crippen LogP contribution in [0.25, 0.3) is 5.76 Å². The minimum absolute atomic E-state index is 0.00134. The largest absolute Gasteiger partial charge is 0.507 e. The van der Waals surface area contributed by atoms with Crippen molar-refractivity contribution < 1.29 is 28.9 Å². The van der Waals surface area contributed by atoms with Crippen LogP contribution >= 0.6 is 0 Å². The van der Waals surface area contributed by atoms with Crippen molar-refractivity contribution in [2.45, 2.75) is 19.9 Å². The molecule has 3 aromatic rings. The van der Waals surface area contributed by atoms with Gasteiger partial charge in [0.1, 0.15) is 23.0 Å². The molecule has 0 aliphatic carbocycles. The summed E-state index contributed by atoms with van der Waals surface area (Å²) < 4.78 is 16.3. The van der Waals surface area contributed by atoms with Gasteiger partial charge >= 0.3 is 0 Å². The number of nitrogens with zero attached hydrogens (tertiary/aromatic N) is 1. The molecule has 0 saturated carbocycles. The Morgan fingerprint density at radius 1 is 0.889 bits per heavy atom. The lowest BCUT2D eigenvalue weighted by Gasteiger charge is -2.26. The number of carbonyl (C=O) groups is 2. The van der Waals surface area contributed by atoms with E-state index in [0.717, 1.165) is 0 Å². The van der Waals surface area contributed by atoms with Gasteiger partial charge in [0.15, 0.2) is 0 Å². The van der Waals surface area contributed by atoms with Crippen LogP contribution in [-0.4, -0.2) is 37.6 Å². The van der Waals surface area contributed by atoms with Crippen molar-refractivity contribution >= 4 is 23.1 Å². The molecule has 1 unspecified atom stereocenters. The van der Waals surface area contributed by atoms with Crippen molar-refractivity contribution in [1.82, 2.24) is 0 Å². The minimum Gasteiger partial charge on any atom is -0.507 e. The summed E-state index contributed by atoms with van der Waals surface area (Å²) in [5, 5.41) is 11.3. The predicted molar refractivity (Wildman–Crippen MR) is 138 cm³/mol. The van der Waals surface area contributed by atoms with E-state index < -0.39 is 17.7 Å².